The van der Waals surface area contributed by atoms with Gasteiger partial charge in [-0.25, -0.2) is 13.6 Å². The van der Waals surface area contributed by atoms with Crippen LogP contribution in [0.1, 0.15) is 29.8 Å². The Balaban J connectivity index is 1.96. The molecule has 0 aromatic heterocycles. The van der Waals surface area contributed by atoms with Gasteiger partial charge in [-0.05, 0) is 62.7 Å². The maximum absolute atomic E-state index is 12.3. The fraction of sp³-hybridized carbons (Fsp3) is 0.263. The largest absolute Gasteiger partial charge is 0.494 e. The van der Waals surface area contributed by atoms with Crippen LogP contribution in [0, 0.1) is 6.92 Å². The average Bonchev–Trinajstić information content (AvgIpc) is 2.67. The smallest absolute Gasteiger partial charge is 0.279 e. The van der Waals surface area contributed by atoms with Crippen molar-refractivity contribution in [2.45, 2.75) is 31.8 Å². The van der Waals surface area contributed by atoms with Crippen molar-refractivity contribution in [2.75, 3.05) is 6.61 Å². The van der Waals surface area contributed by atoms with Crippen molar-refractivity contribution in [3.05, 3.63) is 53.6 Å². The Morgan fingerprint density at radius 2 is 1.69 bits per heavy atom. The number of benzene rings is 2. The van der Waals surface area contributed by atoms with Crippen molar-refractivity contribution < 1.29 is 27.5 Å². The van der Waals surface area contributed by atoms with Crippen LogP contribution in [0.4, 0.5) is 0 Å². The maximum Gasteiger partial charge on any atom is 0.279 e. The van der Waals surface area contributed by atoms with E-state index in [-0.39, 0.29) is 10.5 Å². The molecule has 156 valence electrons. The molecule has 0 aliphatic heterocycles. The number of nitrogens with two attached hydrogens (primary N) is 1. The molecule has 9 nitrogen and oxygen atoms in total. The molecule has 2 aromatic rings. The minimum absolute atomic E-state index is 0.0666. The molecule has 0 bridgehead atoms. The molecule has 2 rings (SSSR count). The van der Waals surface area contributed by atoms with Gasteiger partial charge in [-0.15, -0.1) is 0 Å². The Hall–Kier alpha value is -3.11. The van der Waals surface area contributed by atoms with E-state index in [0.717, 1.165) is 6.07 Å². The quantitative estimate of drug-likeness (QED) is 0.576. The van der Waals surface area contributed by atoms with Gasteiger partial charge in [-0.3, -0.25) is 20.4 Å². The number of hydrogen-bond donors (Lipinski definition) is 3. The first-order chi connectivity index (χ1) is 13.6. The Kier molecular flexibility index (Phi) is 7.18. The van der Waals surface area contributed by atoms with Crippen molar-refractivity contribution in [1.29, 1.82) is 0 Å². The van der Waals surface area contributed by atoms with E-state index >= 15 is 0 Å². The number of primary sulfonamides is 1. The molecule has 0 aliphatic carbocycles. The number of amides is 2. The Morgan fingerprint density at radius 3 is 2.28 bits per heavy atom. The summed E-state index contributed by atoms with van der Waals surface area (Å²) in [5.41, 5.74) is 5.07. The maximum atomic E-state index is 12.3. The molecule has 10 heteroatoms. The summed E-state index contributed by atoms with van der Waals surface area (Å²) in [7, 11) is -3.96. The van der Waals surface area contributed by atoms with E-state index < -0.39 is 27.9 Å². The van der Waals surface area contributed by atoms with Crippen LogP contribution < -0.4 is 25.5 Å². The summed E-state index contributed by atoms with van der Waals surface area (Å²) in [5, 5.41) is 5.08. The number of ether oxygens (including phenoxy) is 2. The van der Waals surface area contributed by atoms with E-state index in [1.807, 2.05) is 6.92 Å². The number of hydrogen-bond acceptors (Lipinski definition) is 6. The van der Waals surface area contributed by atoms with Crippen LogP contribution in [0.15, 0.2) is 47.4 Å². The Labute approximate surface area is 169 Å². The van der Waals surface area contributed by atoms with Crippen LogP contribution in [0.5, 0.6) is 11.5 Å². The molecule has 0 heterocycles. The first kappa shape index (κ1) is 22.2. The van der Waals surface area contributed by atoms with Crippen LogP contribution in [0.3, 0.4) is 0 Å². The normalized spacial score (nSPS) is 12.0. The Bertz CT molecular complexity index is 990. The lowest BCUT2D eigenvalue weighted by Crippen LogP contribution is -2.47. The van der Waals surface area contributed by atoms with E-state index in [1.165, 1.54) is 19.1 Å². The highest BCUT2D eigenvalue weighted by Gasteiger charge is 2.18. The molecule has 0 radical (unpaired) electrons. The lowest BCUT2D eigenvalue weighted by molar-refractivity contribution is -0.128. The molecular formula is C19H23N3O6S. The second-order valence-electron chi connectivity index (χ2n) is 6.13. The summed E-state index contributed by atoms with van der Waals surface area (Å²) in [5.74, 6) is -0.137. The summed E-state index contributed by atoms with van der Waals surface area (Å²) in [6.07, 6.45) is -0.898. The highest BCUT2D eigenvalue weighted by atomic mass is 32.2. The predicted molar refractivity (Wildman–Crippen MR) is 106 cm³/mol. The van der Waals surface area contributed by atoms with E-state index in [2.05, 4.69) is 10.9 Å². The van der Waals surface area contributed by atoms with Gasteiger partial charge in [0.05, 0.1) is 11.5 Å². The minimum Gasteiger partial charge on any atom is -0.494 e. The molecule has 2 aromatic carbocycles. The third-order valence-corrected chi connectivity index (χ3v) is 4.81. The Morgan fingerprint density at radius 1 is 1.07 bits per heavy atom. The van der Waals surface area contributed by atoms with E-state index in [9.17, 15) is 18.0 Å². The van der Waals surface area contributed by atoms with Gasteiger partial charge < -0.3 is 9.47 Å². The minimum atomic E-state index is -3.96. The molecule has 1 unspecified atom stereocenters. The average molecular weight is 421 g/mol. The van der Waals surface area contributed by atoms with Crippen molar-refractivity contribution in [2.24, 2.45) is 5.14 Å². The van der Waals surface area contributed by atoms with Gasteiger partial charge in [0.1, 0.15) is 11.5 Å². The SMILES string of the molecule is CCOc1ccc(OC(C)C(=O)NNC(=O)c2cc(S(N)(=O)=O)ccc2C)cc1. The molecule has 0 saturated carbocycles. The summed E-state index contributed by atoms with van der Waals surface area (Å²) < 4.78 is 33.8. The van der Waals surface area contributed by atoms with Crippen molar-refractivity contribution in [1.82, 2.24) is 10.9 Å². The summed E-state index contributed by atoms with van der Waals surface area (Å²) in [6.45, 7) is 5.56. The topological polar surface area (TPSA) is 137 Å². The van der Waals surface area contributed by atoms with Crippen molar-refractivity contribution in [3.8, 4) is 11.5 Å². The van der Waals surface area contributed by atoms with Gasteiger partial charge in [0.2, 0.25) is 10.0 Å². The van der Waals surface area contributed by atoms with E-state index in [4.69, 9.17) is 14.6 Å². The standard InChI is InChI=1S/C19H23N3O6S/c1-4-27-14-6-8-15(9-7-14)28-13(3)18(23)21-22-19(24)17-11-16(29(20,25)26)10-5-12(17)2/h5-11,13H,4H2,1-3H3,(H,21,23)(H,22,24)(H2,20,25,26). The molecular weight excluding hydrogens is 398 g/mol. The summed E-state index contributed by atoms with van der Waals surface area (Å²) in [6, 6.07) is 10.6. The van der Waals surface area contributed by atoms with Gasteiger partial charge in [-0.1, -0.05) is 6.07 Å². The van der Waals surface area contributed by atoms with Gasteiger partial charge >= 0.3 is 0 Å². The van der Waals surface area contributed by atoms with Crippen molar-refractivity contribution in [3.63, 3.8) is 0 Å². The summed E-state index contributed by atoms with van der Waals surface area (Å²) in [4.78, 5) is 24.3. The van der Waals surface area contributed by atoms with Crippen LogP contribution in [-0.2, 0) is 14.8 Å². The highest BCUT2D eigenvalue weighted by molar-refractivity contribution is 7.89. The molecule has 1 atom stereocenters. The number of hydrazine groups is 1. The molecule has 4 N–H and O–H groups in total. The lowest BCUT2D eigenvalue weighted by atomic mass is 10.1. The zero-order chi connectivity index (χ0) is 21.6. The number of carbonyl (C=O) groups is 2. The van der Waals surface area contributed by atoms with Gasteiger partial charge in [0.25, 0.3) is 11.8 Å². The number of carbonyl (C=O) groups excluding carboxylic acids is 2. The van der Waals surface area contributed by atoms with Gasteiger partial charge in [0.15, 0.2) is 6.10 Å². The molecule has 0 saturated heterocycles. The lowest BCUT2D eigenvalue weighted by Gasteiger charge is -2.16. The molecule has 2 amide bonds. The van der Waals surface area contributed by atoms with Crippen LogP contribution in [0.25, 0.3) is 0 Å². The number of nitrogens with one attached hydrogen (secondary N) is 2. The third-order valence-electron chi connectivity index (χ3n) is 3.90. The highest BCUT2D eigenvalue weighted by Crippen LogP contribution is 2.18. The second-order valence-corrected chi connectivity index (χ2v) is 7.69. The molecule has 0 spiro atoms. The number of rotatable bonds is 7. The van der Waals surface area contributed by atoms with E-state index in [0.29, 0.717) is 23.7 Å². The fourth-order valence-corrected chi connectivity index (χ4v) is 2.89. The number of aryl methyl sites for hydroxylation is 1. The summed E-state index contributed by atoms with van der Waals surface area (Å²) >= 11 is 0. The predicted octanol–water partition coefficient (Wildman–Crippen LogP) is 1.27. The third kappa shape index (κ3) is 6.19. The fourth-order valence-electron chi connectivity index (χ4n) is 2.35. The van der Waals surface area contributed by atoms with Gasteiger partial charge in [0, 0.05) is 5.56 Å². The monoisotopic (exact) mass is 421 g/mol. The van der Waals surface area contributed by atoms with E-state index in [1.54, 1.807) is 31.2 Å². The molecule has 29 heavy (non-hydrogen) atoms. The van der Waals surface area contributed by atoms with Crippen LogP contribution in [-0.4, -0.2) is 32.9 Å². The first-order valence-electron chi connectivity index (χ1n) is 8.75. The van der Waals surface area contributed by atoms with Crippen LogP contribution in [0.2, 0.25) is 0 Å². The first-order valence-corrected chi connectivity index (χ1v) is 10.3. The van der Waals surface area contributed by atoms with Gasteiger partial charge in [-0.2, -0.15) is 0 Å². The zero-order valence-electron chi connectivity index (χ0n) is 16.3. The van der Waals surface area contributed by atoms with Crippen molar-refractivity contribution >= 4 is 21.8 Å². The number of sulfonamides is 1. The van der Waals surface area contributed by atoms with Crippen LogP contribution >= 0.6 is 0 Å². The zero-order valence-corrected chi connectivity index (χ0v) is 17.1. The molecule has 0 fully saturated rings. The second kappa shape index (κ2) is 9.39. The molecule has 0 aliphatic rings.